The van der Waals surface area contributed by atoms with Gasteiger partial charge in [-0.05, 0) is 37.6 Å². The molecule has 0 aliphatic carbocycles. The molecule has 1 N–H and O–H groups in total. The van der Waals surface area contributed by atoms with Gasteiger partial charge in [0.1, 0.15) is 5.82 Å². The molecule has 4 heteroatoms. The lowest BCUT2D eigenvalue weighted by atomic mass is 9.82. The van der Waals surface area contributed by atoms with Gasteiger partial charge in [-0.1, -0.05) is 11.6 Å². The lowest BCUT2D eigenvalue weighted by Gasteiger charge is -2.39. The summed E-state index contributed by atoms with van der Waals surface area (Å²) < 4.78 is 18.8. The van der Waals surface area contributed by atoms with Gasteiger partial charge < -0.3 is 9.84 Å². The van der Waals surface area contributed by atoms with Crippen molar-refractivity contribution >= 4 is 11.6 Å². The Morgan fingerprint density at radius 3 is 2.61 bits per heavy atom. The topological polar surface area (TPSA) is 29.5 Å². The maximum absolute atomic E-state index is 13.2. The third-order valence-electron chi connectivity index (χ3n) is 3.33. The highest BCUT2D eigenvalue weighted by Crippen LogP contribution is 2.33. The number of hydrogen-bond acceptors (Lipinski definition) is 2. The molecule has 1 aromatic carbocycles. The molecule has 2 unspecified atom stereocenters. The van der Waals surface area contributed by atoms with Crippen molar-refractivity contribution in [1.82, 2.24) is 0 Å². The molecule has 1 heterocycles. The normalized spacial score (nSPS) is 32.5. The molecule has 0 saturated carbocycles. The fourth-order valence-electron chi connectivity index (χ4n) is 2.82. The Bertz CT molecular complexity index is 426. The van der Waals surface area contributed by atoms with Crippen LogP contribution in [0.5, 0.6) is 0 Å². The molecule has 18 heavy (non-hydrogen) atoms. The summed E-state index contributed by atoms with van der Waals surface area (Å²) in [6, 6.07) is 4.25. The maximum atomic E-state index is 13.2. The molecule has 0 amide bonds. The van der Waals surface area contributed by atoms with E-state index in [1.54, 1.807) is 0 Å². The van der Waals surface area contributed by atoms with Gasteiger partial charge in [-0.3, -0.25) is 0 Å². The van der Waals surface area contributed by atoms with Gasteiger partial charge in [-0.25, -0.2) is 4.39 Å². The van der Waals surface area contributed by atoms with E-state index in [1.165, 1.54) is 18.2 Å². The third kappa shape index (κ3) is 3.22. The molecule has 0 aromatic heterocycles. The summed E-state index contributed by atoms with van der Waals surface area (Å²) in [4.78, 5) is 0. The molecule has 1 saturated heterocycles. The highest BCUT2D eigenvalue weighted by atomic mass is 35.5. The number of benzene rings is 1. The molecular formula is C14H18ClFO2. The zero-order chi connectivity index (χ0) is 13.3. The average molecular weight is 273 g/mol. The minimum absolute atomic E-state index is 0.00563. The van der Waals surface area contributed by atoms with Gasteiger partial charge in [0.15, 0.2) is 0 Å². The average Bonchev–Trinajstić information content (AvgIpc) is 2.21. The summed E-state index contributed by atoms with van der Waals surface area (Å²) in [6.07, 6.45) is 1.47. The molecule has 1 fully saturated rings. The van der Waals surface area contributed by atoms with Crippen molar-refractivity contribution in [3.05, 3.63) is 34.6 Å². The van der Waals surface area contributed by atoms with Gasteiger partial charge in [0.05, 0.1) is 17.8 Å². The minimum Gasteiger partial charge on any atom is -0.389 e. The summed E-state index contributed by atoms with van der Waals surface area (Å²) in [5.74, 6) is -0.328. The van der Waals surface area contributed by atoms with Crippen LogP contribution < -0.4 is 0 Å². The van der Waals surface area contributed by atoms with Crippen molar-refractivity contribution in [2.45, 2.75) is 50.9 Å². The number of aliphatic hydroxyl groups is 1. The van der Waals surface area contributed by atoms with E-state index in [2.05, 4.69) is 0 Å². The van der Waals surface area contributed by atoms with E-state index in [9.17, 15) is 9.50 Å². The van der Waals surface area contributed by atoms with Crippen LogP contribution in [0.2, 0.25) is 5.02 Å². The predicted octanol–water partition coefficient (Wildman–Crippen LogP) is 3.34. The van der Waals surface area contributed by atoms with E-state index in [-0.39, 0.29) is 18.0 Å². The SMILES string of the molecule is CC1CC(O)(Cc2cc(F)ccc2Cl)CC(C)O1. The molecule has 0 spiro atoms. The van der Waals surface area contributed by atoms with Gasteiger partial charge in [0.2, 0.25) is 0 Å². The van der Waals surface area contributed by atoms with Crippen LogP contribution in [0.1, 0.15) is 32.3 Å². The van der Waals surface area contributed by atoms with Gasteiger partial charge in [-0.2, -0.15) is 0 Å². The Hall–Kier alpha value is -0.640. The van der Waals surface area contributed by atoms with E-state index >= 15 is 0 Å². The summed E-state index contributed by atoms with van der Waals surface area (Å²) in [5, 5.41) is 11.1. The van der Waals surface area contributed by atoms with Crippen LogP contribution in [0, 0.1) is 5.82 Å². The number of ether oxygens (including phenoxy) is 1. The van der Waals surface area contributed by atoms with Gasteiger partial charge in [-0.15, -0.1) is 0 Å². The third-order valence-corrected chi connectivity index (χ3v) is 3.70. The molecular weight excluding hydrogens is 255 g/mol. The zero-order valence-electron chi connectivity index (χ0n) is 10.6. The zero-order valence-corrected chi connectivity index (χ0v) is 11.4. The summed E-state index contributed by atoms with van der Waals surface area (Å²) in [5.41, 5.74) is -0.213. The molecule has 100 valence electrons. The second kappa shape index (κ2) is 5.16. The van der Waals surface area contributed by atoms with Crippen LogP contribution in [-0.4, -0.2) is 22.9 Å². The minimum atomic E-state index is -0.867. The highest BCUT2D eigenvalue weighted by Gasteiger charge is 2.37. The molecule has 0 bridgehead atoms. The van der Waals surface area contributed by atoms with Gasteiger partial charge >= 0.3 is 0 Å². The van der Waals surface area contributed by atoms with Crippen LogP contribution in [0.15, 0.2) is 18.2 Å². The molecule has 2 nitrogen and oxygen atoms in total. The monoisotopic (exact) mass is 272 g/mol. The fourth-order valence-corrected chi connectivity index (χ4v) is 3.01. The molecule has 2 rings (SSSR count). The Morgan fingerprint density at radius 1 is 1.39 bits per heavy atom. The van der Waals surface area contributed by atoms with Gasteiger partial charge in [0.25, 0.3) is 0 Å². The van der Waals surface area contributed by atoms with Crippen molar-refractivity contribution in [2.75, 3.05) is 0 Å². The largest absolute Gasteiger partial charge is 0.389 e. The fraction of sp³-hybridized carbons (Fsp3) is 0.571. The van der Waals surface area contributed by atoms with Crippen LogP contribution in [0.3, 0.4) is 0 Å². The van der Waals surface area contributed by atoms with E-state index in [1.807, 2.05) is 13.8 Å². The number of hydrogen-bond donors (Lipinski definition) is 1. The Balaban J connectivity index is 2.18. The highest BCUT2D eigenvalue weighted by molar-refractivity contribution is 6.31. The van der Waals surface area contributed by atoms with E-state index < -0.39 is 5.60 Å². The molecule has 1 aromatic rings. The quantitative estimate of drug-likeness (QED) is 0.895. The first-order valence-electron chi connectivity index (χ1n) is 6.20. The van der Waals surface area contributed by atoms with Gasteiger partial charge in [0, 0.05) is 24.3 Å². The van der Waals surface area contributed by atoms with Crippen molar-refractivity contribution in [2.24, 2.45) is 0 Å². The van der Waals surface area contributed by atoms with Crippen LogP contribution in [0.25, 0.3) is 0 Å². The lowest BCUT2D eigenvalue weighted by molar-refractivity contribution is -0.130. The first-order chi connectivity index (χ1) is 8.38. The van der Waals surface area contributed by atoms with Crippen molar-refractivity contribution < 1.29 is 14.2 Å². The standard InChI is InChI=1S/C14H18ClFO2/c1-9-6-14(17,7-10(2)18-9)8-11-5-12(16)3-4-13(11)15/h3-5,9-10,17H,6-8H2,1-2H3. The van der Waals surface area contributed by atoms with Crippen molar-refractivity contribution in [3.8, 4) is 0 Å². The first kappa shape index (κ1) is 13.8. The summed E-state index contributed by atoms with van der Waals surface area (Å²) in [6.45, 7) is 3.88. The Kier molecular flexibility index (Phi) is 3.95. The van der Waals surface area contributed by atoms with E-state index in [4.69, 9.17) is 16.3 Å². The van der Waals surface area contributed by atoms with Crippen molar-refractivity contribution in [3.63, 3.8) is 0 Å². The second-order valence-corrected chi connectivity index (χ2v) is 5.71. The Labute approximate surface area is 112 Å². The molecule has 0 radical (unpaired) electrons. The molecule has 2 atom stereocenters. The summed E-state index contributed by atoms with van der Waals surface area (Å²) in [7, 11) is 0. The van der Waals surface area contributed by atoms with Crippen LogP contribution in [-0.2, 0) is 11.2 Å². The second-order valence-electron chi connectivity index (χ2n) is 5.30. The van der Waals surface area contributed by atoms with Crippen LogP contribution in [0.4, 0.5) is 4.39 Å². The van der Waals surface area contributed by atoms with E-state index in [0.29, 0.717) is 29.8 Å². The Morgan fingerprint density at radius 2 is 2.00 bits per heavy atom. The lowest BCUT2D eigenvalue weighted by Crippen LogP contribution is -2.44. The molecule has 1 aliphatic rings. The first-order valence-corrected chi connectivity index (χ1v) is 6.57. The van der Waals surface area contributed by atoms with E-state index in [0.717, 1.165) is 0 Å². The number of rotatable bonds is 2. The van der Waals surface area contributed by atoms with Crippen molar-refractivity contribution in [1.29, 1.82) is 0 Å². The smallest absolute Gasteiger partial charge is 0.123 e. The van der Waals surface area contributed by atoms with Crippen LogP contribution >= 0.6 is 11.6 Å². The summed E-state index contributed by atoms with van der Waals surface area (Å²) >= 11 is 6.04. The molecule has 1 aliphatic heterocycles. The maximum Gasteiger partial charge on any atom is 0.123 e. The number of halogens is 2. The predicted molar refractivity (Wildman–Crippen MR) is 69.3 cm³/mol.